The number of aromatic nitrogens is 1. The van der Waals surface area contributed by atoms with Crippen molar-refractivity contribution in [2.45, 2.75) is 12.6 Å². The molecule has 3 heterocycles. The lowest BCUT2D eigenvalue weighted by molar-refractivity contribution is 0.151. The summed E-state index contributed by atoms with van der Waals surface area (Å²) in [5, 5.41) is 0. The molecule has 2 aliphatic rings. The monoisotopic (exact) mass is 398 g/mol. The molecular formula is C22H27FN4O2. The highest BCUT2D eigenvalue weighted by Crippen LogP contribution is 2.45. The van der Waals surface area contributed by atoms with Gasteiger partial charge in [-0.1, -0.05) is 18.2 Å². The molecule has 2 fully saturated rings. The van der Waals surface area contributed by atoms with Crippen LogP contribution in [0.1, 0.15) is 17.2 Å². The van der Waals surface area contributed by atoms with Gasteiger partial charge < -0.3 is 14.5 Å². The zero-order valence-corrected chi connectivity index (χ0v) is 17.1. The van der Waals surface area contributed by atoms with Crippen molar-refractivity contribution in [3.63, 3.8) is 0 Å². The number of benzene rings is 1. The zero-order chi connectivity index (χ0) is 20.5. The molecule has 0 spiro atoms. The second kappa shape index (κ2) is 7.99. The van der Waals surface area contributed by atoms with E-state index >= 15 is 0 Å². The van der Waals surface area contributed by atoms with Gasteiger partial charge in [0.25, 0.3) is 0 Å². The van der Waals surface area contributed by atoms with Crippen molar-refractivity contribution in [2.75, 3.05) is 40.8 Å². The highest BCUT2D eigenvalue weighted by Gasteiger charge is 2.49. The zero-order valence-electron chi connectivity index (χ0n) is 17.1. The number of methoxy groups -OCH3 is 1. The van der Waals surface area contributed by atoms with Gasteiger partial charge in [0.05, 0.1) is 13.2 Å². The number of carbonyl (C=O) groups is 1. The summed E-state index contributed by atoms with van der Waals surface area (Å²) in [4.78, 5) is 23.0. The maximum Gasteiger partial charge on any atom is 0.320 e. The maximum absolute atomic E-state index is 13.9. The number of carbonyl (C=O) groups excluding carboxylic acids is 1. The van der Waals surface area contributed by atoms with Gasteiger partial charge in [0.2, 0.25) is 5.88 Å². The Bertz CT molecular complexity index is 873. The normalized spacial score (nSPS) is 23.9. The number of rotatable bonds is 4. The van der Waals surface area contributed by atoms with Crippen LogP contribution in [-0.4, -0.2) is 66.6 Å². The molecule has 0 aliphatic carbocycles. The summed E-state index contributed by atoms with van der Waals surface area (Å²) in [6.07, 6.45) is 1.85. The van der Waals surface area contributed by atoms with E-state index in [2.05, 4.69) is 9.88 Å². The number of fused-ring (bicyclic) bond motifs is 1. The van der Waals surface area contributed by atoms with Gasteiger partial charge >= 0.3 is 6.03 Å². The number of amides is 2. The first-order valence-electron chi connectivity index (χ1n) is 9.91. The molecule has 2 aliphatic heterocycles. The molecule has 6 nitrogen and oxygen atoms in total. The van der Waals surface area contributed by atoms with Crippen molar-refractivity contribution in [2.24, 2.45) is 11.8 Å². The van der Waals surface area contributed by atoms with Crippen molar-refractivity contribution >= 4 is 6.03 Å². The fraction of sp³-hybridized carbons (Fsp3) is 0.455. The van der Waals surface area contributed by atoms with E-state index in [1.165, 1.54) is 6.07 Å². The van der Waals surface area contributed by atoms with Gasteiger partial charge in [-0.2, -0.15) is 0 Å². The molecule has 4 rings (SSSR count). The van der Waals surface area contributed by atoms with Crippen LogP contribution in [0.4, 0.5) is 9.18 Å². The quantitative estimate of drug-likeness (QED) is 0.795. The van der Waals surface area contributed by atoms with Gasteiger partial charge in [-0.15, -0.1) is 0 Å². The van der Waals surface area contributed by atoms with E-state index in [0.717, 1.165) is 30.8 Å². The summed E-state index contributed by atoms with van der Waals surface area (Å²) in [7, 11) is 5.14. The van der Waals surface area contributed by atoms with E-state index in [4.69, 9.17) is 4.74 Å². The van der Waals surface area contributed by atoms with Crippen LogP contribution in [-0.2, 0) is 6.54 Å². The smallest absolute Gasteiger partial charge is 0.320 e. The first kappa shape index (κ1) is 19.6. The van der Waals surface area contributed by atoms with Crippen molar-refractivity contribution in [1.82, 2.24) is 19.7 Å². The maximum atomic E-state index is 13.9. The minimum Gasteiger partial charge on any atom is -0.481 e. The van der Waals surface area contributed by atoms with Crippen LogP contribution in [0.2, 0.25) is 0 Å². The predicted molar refractivity (Wildman–Crippen MR) is 108 cm³/mol. The molecule has 7 heteroatoms. The van der Waals surface area contributed by atoms with Gasteiger partial charge in [-0.25, -0.2) is 14.2 Å². The Kier molecular flexibility index (Phi) is 5.41. The second-order valence-electron chi connectivity index (χ2n) is 8.16. The third-order valence-electron chi connectivity index (χ3n) is 5.97. The molecule has 0 bridgehead atoms. The minimum absolute atomic E-state index is 0.0143. The van der Waals surface area contributed by atoms with Gasteiger partial charge in [-0.3, -0.25) is 4.90 Å². The summed E-state index contributed by atoms with van der Waals surface area (Å²) in [5.74, 6) is 1.00. The third-order valence-corrected chi connectivity index (χ3v) is 5.97. The molecule has 0 N–H and O–H groups in total. The highest BCUT2D eigenvalue weighted by atomic mass is 19.1. The topological polar surface area (TPSA) is 48.9 Å². The summed E-state index contributed by atoms with van der Waals surface area (Å²) < 4.78 is 19.1. The number of ether oxygens (including phenoxy) is 1. The summed E-state index contributed by atoms with van der Waals surface area (Å²) in [5.41, 5.74) is 2.01. The molecule has 154 valence electrons. The van der Waals surface area contributed by atoms with Crippen LogP contribution in [0, 0.1) is 17.7 Å². The number of nitrogens with zero attached hydrogens (tertiary/aromatic N) is 4. The Balaban J connectivity index is 1.54. The Labute approximate surface area is 170 Å². The van der Waals surface area contributed by atoms with E-state index in [-0.39, 0.29) is 23.8 Å². The van der Waals surface area contributed by atoms with Crippen LogP contribution < -0.4 is 4.74 Å². The third kappa shape index (κ3) is 3.92. The molecule has 29 heavy (non-hydrogen) atoms. The Hall–Kier alpha value is -2.67. The first-order chi connectivity index (χ1) is 14.0. The van der Waals surface area contributed by atoms with Gasteiger partial charge in [0.1, 0.15) is 5.82 Å². The number of hydrogen-bond donors (Lipinski definition) is 0. The average molecular weight is 398 g/mol. The summed E-state index contributed by atoms with van der Waals surface area (Å²) in [6, 6.07) is 10.5. The molecule has 0 unspecified atom stereocenters. The van der Waals surface area contributed by atoms with Crippen LogP contribution >= 0.6 is 0 Å². The first-order valence-corrected chi connectivity index (χ1v) is 9.91. The SMILES string of the molecule is COc1ccc(CN2C[C@@H]3CN(C(=O)N(C)C)[C@@H](c4cccc(F)c4)[C@@H]3C2)cn1. The number of halogens is 1. The summed E-state index contributed by atoms with van der Waals surface area (Å²) >= 11 is 0. The van der Waals surface area contributed by atoms with Crippen LogP contribution in [0.5, 0.6) is 5.88 Å². The average Bonchev–Trinajstić information content (AvgIpc) is 3.24. The van der Waals surface area contributed by atoms with Crippen molar-refractivity contribution in [3.8, 4) is 5.88 Å². The van der Waals surface area contributed by atoms with Crippen LogP contribution in [0.15, 0.2) is 42.6 Å². The molecule has 2 aromatic rings. The van der Waals surface area contributed by atoms with Crippen LogP contribution in [0.3, 0.4) is 0 Å². The Morgan fingerprint density at radius 2 is 2.07 bits per heavy atom. The molecule has 1 aromatic heterocycles. The van der Waals surface area contributed by atoms with E-state index in [1.54, 1.807) is 38.2 Å². The van der Waals surface area contributed by atoms with E-state index < -0.39 is 0 Å². The lowest BCUT2D eigenvalue weighted by atomic mass is 9.89. The second-order valence-corrected chi connectivity index (χ2v) is 8.16. The molecule has 0 radical (unpaired) electrons. The Morgan fingerprint density at radius 1 is 1.24 bits per heavy atom. The lowest BCUT2D eigenvalue weighted by Gasteiger charge is -2.32. The van der Waals surface area contributed by atoms with Crippen molar-refractivity contribution in [3.05, 3.63) is 59.5 Å². The van der Waals surface area contributed by atoms with E-state index in [9.17, 15) is 9.18 Å². The highest BCUT2D eigenvalue weighted by molar-refractivity contribution is 5.75. The fourth-order valence-corrected chi connectivity index (χ4v) is 4.72. The van der Waals surface area contributed by atoms with Gasteiger partial charge in [-0.05, 0) is 29.2 Å². The van der Waals surface area contributed by atoms with Gasteiger partial charge in [0.15, 0.2) is 0 Å². The molecule has 1 aromatic carbocycles. The largest absolute Gasteiger partial charge is 0.481 e. The van der Waals surface area contributed by atoms with Crippen molar-refractivity contribution in [1.29, 1.82) is 0 Å². The molecule has 2 saturated heterocycles. The molecular weight excluding hydrogens is 371 g/mol. The molecule has 2 amide bonds. The number of urea groups is 1. The van der Waals surface area contributed by atoms with E-state index in [0.29, 0.717) is 18.3 Å². The van der Waals surface area contributed by atoms with Gasteiger partial charge in [0, 0.05) is 58.5 Å². The fourth-order valence-electron chi connectivity index (χ4n) is 4.72. The number of hydrogen-bond acceptors (Lipinski definition) is 4. The standard InChI is InChI=1S/C22H27FN4O2/c1-25(2)22(28)27-13-17-12-26(11-15-7-8-20(29-3)24-10-15)14-19(17)21(27)16-5-4-6-18(23)9-16/h4-10,17,19,21H,11-14H2,1-3H3/t17-,19-,21+/m1/s1. The van der Waals surface area contributed by atoms with Crippen LogP contribution in [0.25, 0.3) is 0 Å². The Morgan fingerprint density at radius 3 is 2.72 bits per heavy atom. The predicted octanol–water partition coefficient (Wildman–Crippen LogP) is 3.02. The summed E-state index contributed by atoms with van der Waals surface area (Å²) in [6.45, 7) is 3.29. The van der Waals surface area contributed by atoms with Crippen molar-refractivity contribution < 1.29 is 13.9 Å². The number of likely N-dealkylation sites (tertiary alicyclic amines) is 2. The molecule has 0 saturated carbocycles. The lowest BCUT2D eigenvalue weighted by Crippen LogP contribution is -2.41. The number of pyridine rings is 1. The minimum atomic E-state index is -0.262. The van der Waals surface area contributed by atoms with E-state index in [1.807, 2.05) is 29.3 Å². The molecule has 3 atom stereocenters.